The van der Waals surface area contributed by atoms with Gasteiger partial charge in [-0.25, -0.2) is 4.79 Å². The number of nitrogens with zero attached hydrogens (tertiary/aromatic N) is 3. The molecule has 2 fully saturated rings. The lowest BCUT2D eigenvalue weighted by Crippen LogP contribution is -2.70. The highest BCUT2D eigenvalue weighted by Gasteiger charge is 2.65. The van der Waals surface area contributed by atoms with Gasteiger partial charge in [-0.15, -0.1) is 18.2 Å². The highest BCUT2D eigenvalue weighted by atomic mass is 35.5. The second kappa shape index (κ2) is 20.4. The summed E-state index contributed by atoms with van der Waals surface area (Å²) in [5.74, 6) is -0.215. The topological polar surface area (TPSA) is 122 Å². The molecule has 0 bridgehead atoms. The van der Waals surface area contributed by atoms with E-state index < -0.39 is 23.8 Å². The molecule has 2 N–H and O–H groups in total. The summed E-state index contributed by atoms with van der Waals surface area (Å²) in [5, 5.41) is 26.7. The lowest BCUT2D eigenvalue weighted by Gasteiger charge is -2.59. The molecule has 1 saturated heterocycles. The number of unbranched alkanes of at least 4 members (excludes halogenated alkanes) is 2. The summed E-state index contributed by atoms with van der Waals surface area (Å²) < 4.78 is 26.8. The lowest BCUT2D eigenvalue weighted by molar-refractivity contribution is -0.256. The van der Waals surface area contributed by atoms with Crippen LogP contribution in [-0.2, 0) is 20.9 Å². The van der Waals surface area contributed by atoms with Crippen LogP contribution in [0.5, 0.6) is 11.5 Å². The van der Waals surface area contributed by atoms with E-state index in [0.29, 0.717) is 31.8 Å². The van der Waals surface area contributed by atoms with Gasteiger partial charge in [-0.2, -0.15) is 0 Å². The van der Waals surface area contributed by atoms with E-state index in [-0.39, 0.29) is 63.0 Å². The van der Waals surface area contributed by atoms with Crippen molar-refractivity contribution in [1.29, 1.82) is 0 Å². The summed E-state index contributed by atoms with van der Waals surface area (Å²) in [6, 6.07) is 19.6. The molecule has 59 heavy (non-hydrogen) atoms. The van der Waals surface area contributed by atoms with Crippen molar-refractivity contribution < 1.29 is 38.8 Å². The van der Waals surface area contributed by atoms with Crippen molar-refractivity contribution in [3.63, 3.8) is 0 Å². The molecule has 2 heterocycles. The first-order valence-corrected chi connectivity index (χ1v) is 22.0. The average Bonchev–Trinajstić information content (AvgIpc) is 4.09. The zero-order valence-electron chi connectivity index (χ0n) is 34.3. The van der Waals surface area contributed by atoms with Gasteiger partial charge in [0.1, 0.15) is 37.4 Å². The van der Waals surface area contributed by atoms with E-state index in [1.54, 1.807) is 11.0 Å². The number of benzene rings is 3. The van der Waals surface area contributed by atoms with Crippen LogP contribution in [0.25, 0.3) is 10.8 Å². The third kappa shape index (κ3) is 9.60. The van der Waals surface area contributed by atoms with E-state index in [0.717, 1.165) is 84.3 Å². The number of alkyl halides is 1. The summed E-state index contributed by atoms with van der Waals surface area (Å²) >= 11 is 6.13. The van der Waals surface area contributed by atoms with Crippen molar-refractivity contribution in [2.75, 3.05) is 65.2 Å². The van der Waals surface area contributed by atoms with Crippen LogP contribution in [0.2, 0.25) is 0 Å². The Bertz CT molecular complexity index is 1950. The third-order valence-electron chi connectivity index (χ3n) is 12.3. The van der Waals surface area contributed by atoms with Gasteiger partial charge >= 0.3 is 6.09 Å². The van der Waals surface area contributed by atoms with Gasteiger partial charge in [0, 0.05) is 50.8 Å². The van der Waals surface area contributed by atoms with Crippen LogP contribution in [0, 0.1) is 17.8 Å². The van der Waals surface area contributed by atoms with E-state index in [9.17, 15) is 15.0 Å². The van der Waals surface area contributed by atoms with Crippen LogP contribution in [0.4, 0.5) is 4.79 Å². The smallest absolute Gasteiger partial charge is 0.410 e. The fraction of sp³-hybridized carbons (Fsp3) is 0.532. The Hall–Kier alpha value is -4.13. The van der Waals surface area contributed by atoms with Gasteiger partial charge in [-0.3, -0.25) is 9.80 Å². The first-order valence-electron chi connectivity index (χ1n) is 21.5. The number of halogens is 1. The Labute approximate surface area is 353 Å². The van der Waals surface area contributed by atoms with E-state index >= 15 is 0 Å². The number of rotatable bonds is 22. The molecular formula is C47H60ClN3O8. The third-order valence-corrected chi connectivity index (χ3v) is 12.5. The SMILES string of the molecule is C=CCOC12Oc3ccc(OCCN4CC4)cc3C3C(CCCCO)C(CCCCO)C=C(C(=NOCC)CC1N(Cc1cccc4ccccc14)C(=O)OCCCl)C32. The summed E-state index contributed by atoms with van der Waals surface area (Å²) in [5.41, 5.74) is 3.68. The average molecular weight is 830 g/mol. The maximum absolute atomic E-state index is 14.6. The summed E-state index contributed by atoms with van der Waals surface area (Å²) in [6.07, 6.45) is 8.56. The Kier molecular flexibility index (Phi) is 14.9. The number of oxime groups is 1. The Morgan fingerprint density at radius 1 is 1.05 bits per heavy atom. The largest absolute Gasteiger partial charge is 0.492 e. The van der Waals surface area contributed by atoms with Crippen molar-refractivity contribution in [3.05, 3.63) is 96.1 Å². The summed E-state index contributed by atoms with van der Waals surface area (Å²) in [6.45, 7) is 10.6. The van der Waals surface area contributed by atoms with Crippen molar-refractivity contribution >= 4 is 34.2 Å². The zero-order chi connectivity index (χ0) is 41.2. The minimum atomic E-state index is -1.42. The lowest BCUT2D eigenvalue weighted by atomic mass is 9.55. The molecule has 12 heteroatoms. The van der Waals surface area contributed by atoms with Crippen LogP contribution < -0.4 is 9.47 Å². The van der Waals surface area contributed by atoms with E-state index in [4.69, 9.17) is 40.5 Å². The molecule has 1 saturated carbocycles. The Morgan fingerprint density at radius 3 is 2.61 bits per heavy atom. The van der Waals surface area contributed by atoms with E-state index in [2.05, 4.69) is 41.8 Å². The van der Waals surface area contributed by atoms with Crippen molar-refractivity contribution in [2.45, 2.75) is 76.2 Å². The molecular weight excluding hydrogens is 770 g/mol. The Morgan fingerprint density at radius 2 is 1.85 bits per heavy atom. The number of amides is 1. The number of ether oxygens (including phenoxy) is 4. The van der Waals surface area contributed by atoms with Crippen LogP contribution in [0.1, 0.15) is 68.9 Å². The van der Waals surface area contributed by atoms with Crippen LogP contribution >= 0.6 is 11.6 Å². The maximum Gasteiger partial charge on any atom is 0.410 e. The molecule has 3 aromatic rings. The molecule has 3 aromatic carbocycles. The van der Waals surface area contributed by atoms with Gasteiger partial charge in [-0.1, -0.05) is 72.6 Å². The zero-order valence-corrected chi connectivity index (χ0v) is 35.1. The molecule has 2 aliphatic carbocycles. The number of carbonyl (C=O) groups is 1. The van der Waals surface area contributed by atoms with Gasteiger partial charge in [0.15, 0.2) is 0 Å². The minimum Gasteiger partial charge on any atom is -0.492 e. The standard InChI is InChI=1S/C47H60ClN3O8/c1-3-26-57-47-43(51(46(54)56-27-20-48)32-35-15-11-14-33-12-5-6-16-37(33)35)31-41(49-58-4-2)39-29-34(13-7-9-24-52)38(17-8-10-25-53)44(45(39)47)40-30-36(18-19-42(40)59-47)55-28-23-50-21-22-50/h3,5-6,11-12,14-16,18-19,29-30,34,38,43-45,52-53H,1,4,7-10,13,17,20-28,31-32H2,2H3. The second-order valence-corrected chi connectivity index (χ2v) is 16.3. The van der Waals surface area contributed by atoms with Gasteiger partial charge in [0.25, 0.3) is 0 Å². The van der Waals surface area contributed by atoms with Crippen LogP contribution in [0.15, 0.2) is 90.1 Å². The number of carbonyl (C=O) groups excluding carboxylic acids is 1. The van der Waals surface area contributed by atoms with Gasteiger partial charge in [0.2, 0.25) is 5.79 Å². The van der Waals surface area contributed by atoms with Crippen LogP contribution in [-0.4, -0.2) is 109 Å². The van der Waals surface area contributed by atoms with Gasteiger partial charge in [-0.05, 0) is 84.6 Å². The number of allylic oxidation sites excluding steroid dienone is 1. The molecule has 6 atom stereocenters. The number of hydrogen-bond acceptors (Lipinski definition) is 10. The van der Waals surface area contributed by atoms with Crippen molar-refractivity contribution in [3.8, 4) is 11.5 Å². The first kappa shape index (κ1) is 43.0. The molecule has 318 valence electrons. The highest BCUT2D eigenvalue weighted by molar-refractivity contribution is 6.18. The quantitative estimate of drug-likeness (QED) is 0.0341. The molecule has 4 aliphatic rings. The van der Waals surface area contributed by atoms with Crippen molar-refractivity contribution in [2.24, 2.45) is 22.9 Å². The highest BCUT2D eigenvalue weighted by Crippen LogP contribution is 2.62. The second-order valence-electron chi connectivity index (χ2n) is 16.0. The molecule has 1 amide bonds. The van der Waals surface area contributed by atoms with E-state index in [1.165, 1.54) is 0 Å². The minimum absolute atomic E-state index is 0.0312. The predicted molar refractivity (Wildman–Crippen MR) is 230 cm³/mol. The Balaban J connectivity index is 1.43. The summed E-state index contributed by atoms with van der Waals surface area (Å²) in [4.78, 5) is 24.6. The maximum atomic E-state index is 14.6. The molecule has 2 aliphatic heterocycles. The number of aliphatic hydroxyl groups excluding tert-OH is 2. The fourth-order valence-corrected chi connectivity index (χ4v) is 9.67. The van der Waals surface area contributed by atoms with Crippen LogP contribution in [0.3, 0.4) is 0 Å². The van der Waals surface area contributed by atoms with Crippen molar-refractivity contribution in [1.82, 2.24) is 9.80 Å². The first-order chi connectivity index (χ1) is 29.0. The molecule has 7 rings (SSSR count). The predicted octanol–water partition coefficient (Wildman–Crippen LogP) is 8.07. The van der Waals surface area contributed by atoms with E-state index in [1.807, 2.05) is 43.3 Å². The molecule has 0 spiro atoms. The fourth-order valence-electron chi connectivity index (χ4n) is 9.59. The summed E-state index contributed by atoms with van der Waals surface area (Å²) in [7, 11) is 0. The molecule has 11 nitrogen and oxygen atoms in total. The molecule has 6 unspecified atom stereocenters. The van der Waals surface area contributed by atoms with Gasteiger partial charge < -0.3 is 34.0 Å². The number of hydrogen-bond donors (Lipinski definition) is 2. The molecule has 0 aromatic heterocycles. The normalized spacial score (nSPS) is 25.1. The number of aliphatic hydroxyl groups is 2. The number of fused-ring (bicyclic) bond motifs is 3. The molecule has 0 radical (unpaired) electrons. The monoisotopic (exact) mass is 829 g/mol. The van der Waals surface area contributed by atoms with Gasteiger partial charge in [0.05, 0.1) is 30.7 Å².